The fraction of sp³-hybridized carbons (Fsp3) is 0.0357. The van der Waals surface area contributed by atoms with Gasteiger partial charge in [0.2, 0.25) is 0 Å². The molecule has 0 fully saturated rings. The molecule has 0 aliphatic heterocycles. The van der Waals surface area contributed by atoms with E-state index in [-0.39, 0.29) is 5.69 Å². The van der Waals surface area contributed by atoms with Crippen molar-refractivity contribution in [3.63, 3.8) is 0 Å². The van der Waals surface area contributed by atoms with Crippen LogP contribution >= 0.6 is 11.6 Å². The van der Waals surface area contributed by atoms with Crippen LogP contribution < -0.4 is 4.74 Å². The standard InChI is InChI=1S/C28H19ClN2O4/c29-25-6-2-1-4-21(25)18-34-27-7-3-5-20-8-11-22(30-28(20)27)12-15-24-16-17-26(35-24)19-9-13-23(14-10-19)31(32)33/h1-17H,18H2. The second-order valence-electron chi connectivity index (χ2n) is 7.78. The van der Waals surface area contributed by atoms with Crippen molar-refractivity contribution in [2.75, 3.05) is 0 Å². The van der Waals surface area contributed by atoms with Gasteiger partial charge in [0, 0.05) is 33.7 Å². The Hall–Kier alpha value is -4.42. The molecule has 172 valence electrons. The van der Waals surface area contributed by atoms with E-state index < -0.39 is 4.92 Å². The summed E-state index contributed by atoms with van der Waals surface area (Å²) in [4.78, 5) is 15.2. The third kappa shape index (κ3) is 5.08. The fourth-order valence-corrected chi connectivity index (χ4v) is 3.82. The molecule has 0 saturated carbocycles. The lowest BCUT2D eigenvalue weighted by Crippen LogP contribution is -1.98. The van der Waals surface area contributed by atoms with E-state index in [0.717, 1.165) is 27.7 Å². The number of nitro benzene ring substituents is 1. The Labute approximate surface area is 206 Å². The maximum absolute atomic E-state index is 10.8. The van der Waals surface area contributed by atoms with Gasteiger partial charge in [-0.1, -0.05) is 48.0 Å². The van der Waals surface area contributed by atoms with Crippen molar-refractivity contribution >= 4 is 40.3 Å². The molecule has 0 bridgehead atoms. The predicted molar refractivity (Wildman–Crippen MR) is 137 cm³/mol. The van der Waals surface area contributed by atoms with Gasteiger partial charge in [0.25, 0.3) is 5.69 Å². The van der Waals surface area contributed by atoms with Crippen molar-refractivity contribution in [1.82, 2.24) is 4.98 Å². The molecule has 0 saturated heterocycles. The molecule has 0 unspecified atom stereocenters. The Morgan fingerprint density at radius 3 is 2.54 bits per heavy atom. The number of pyridine rings is 1. The minimum Gasteiger partial charge on any atom is -0.487 e. The highest BCUT2D eigenvalue weighted by Crippen LogP contribution is 2.28. The zero-order valence-corrected chi connectivity index (χ0v) is 19.2. The summed E-state index contributed by atoms with van der Waals surface area (Å²) in [5.41, 5.74) is 3.22. The van der Waals surface area contributed by atoms with Crippen LogP contribution in [-0.2, 0) is 6.61 Å². The zero-order chi connectivity index (χ0) is 24.2. The van der Waals surface area contributed by atoms with E-state index in [4.69, 9.17) is 25.7 Å². The molecule has 0 radical (unpaired) electrons. The number of nitrogens with zero attached hydrogens (tertiary/aromatic N) is 2. The summed E-state index contributed by atoms with van der Waals surface area (Å²) in [5, 5.41) is 12.5. The van der Waals surface area contributed by atoms with Crippen molar-refractivity contribution in [1.29, 1.82) is 0 Å². The number of rotatable bonds is 7. The minimum atomic E-state index is -0.427. The molecule has 0 aliphatic carbocycles. The van der Waals surface area contributed by atoms with Gasteiger partial charge in [0.15, 0.2) is 0 Å². The van der Waals surface area contributed by atoms with E-state index in [1.807, 2.05) is 78.9 Å². The van der Waals surface area contributed by atoms with Crippen LogP contribution in [0.4, 0.5) is 5.69 Å². The van der Waals surface area contributed by atoms with E-state index in [1.54, 1.807) is 12.1 Å². The first-order valence-electron chi connectivity index (χ1n) is 10.9. The van der Waals surface area contributed by atoms with Gasteiger partial charge in [-0.2, -0.15) is 0 Å². The first kappa shape index (κ1) is 22.4. The summed E-state index contributed by atoms with van der Waals surface area (Å²) >= 11 is 6.25. The maximum atomic E-state index is 10.8. The number of non-ortho nitro benzene ring substituents is 1. The molecule has 6 nitrogen and oxygen atoms in total. The van der Waals surface area contributed by atoms with E-state index in [0.29, 0.717) is 28.9 Å². The Balaban J connectivity index is 1.35. The summed E-state index contributed by atoms with van der Waals surface area (Å²) in [6.07, 6.45) is 3.69. The number of benzene rings is 3. The summed E-state index contributed by atoms with van der Waals surface area (Å²) in [7, 11) is 0. The van der Waals surface area contributed by atoms with Crippen LogP contribution in [0.5, 0.6) is 5.75 Å². The maximum Gasteiger partial charge on any atom is 0.269 e. The van der Waals surface area contributed by atoms with Crippen LogP contribution in [0.2, 0.25) is 5.02 Å². The number of aromatic nitrogens is 1. The van der Waals surface area contributed by atoms with Gasteiger partial charge in [-0.25, -0.2) is 4.98 Å². The average Bonchev–Trinajstić information content (AvgIpc) is 3.36. The summed E-state index contributed by atoms with van der Waals surface area (Å²) in [6, 6.07) is 27.2. The van der Waals surface area contributed by atoms with Crippen molar-refractivity contribution in [2.24, 2.45) is 0 Å². The van der Waals surface area contributed by atoms with Gasteiger partial charge in [0.05, 0.1) is 10.6 Å². The number of fused-ring (bicyclic) bond motifs is 1. The summed E-state index contributed by atoms with van der Waals surface area (Å²) in [5.74, 6) is 1.95. The average molecular weight is 483 g/mol. The molecule has 0 N–H and O–H groups in total. The quantitative estimate of drug-likeness (QED) is 0.174. The zero-order valence-electron chi connectivity index (χ0n) is 18.4. The van der Waals surface area contributed by atoms with Crippen molar-refractivity contribution in [2.45, 2.75) is 6.61 Å². The van der Waals surface area contributed by atoms with Crippen LogP contribution in [0.25, 0.3) is 34.4 Å². The van der Waals surface area contributed by atoms with Crippen molar-refractivity contribution < 1.29 is 14.1 Å². The highest BCUT2D eigenvalue weighted by Gasteiger charge is 2.09. The predicted octanol–water partition coefficient (Wildman–Crippen LogP) is 7.81. The molecule has 5 rings (SSSR count). The van der Waals surface area contributed by atoms with E-state index in [1.165, 1.54) is 12.1 Å². The molecule has 7 heteroatoms. The SMILES string of the molecule is O=[N+]([O-])c1ccc(-c2ccc(C=Cc3ccc4cccc(OCc5ccccc5Cl)c4n3)o2)cc1. The first-order valence-corrected chi connectivity index (χ1v) is 11.2. The molecule has 0 spiro atoms. The van der Waals surface area contributed by atoms with Gasteiger partial charge in [-0.05, 0) is 54.6 Å². The number of ether oxygens (including phenoxy) is 1. The van der Waals surface area contributed by atoms with E-state index in [9.17, 15) is 10.1 Å². The van der Waals surface area contributed by atoms with Crippen LogP contribution in [0.3, 0.4) is 0 Å². The smallest absolute Gasteiger partial charge is 0.269 e. The van der Waals surface area contributed by atoms with E-state index in [2.05, 4.69) is 0 Å². The molecule has 2 aromatic heterocycles. The Kier molecular flexibility index (Phi) is 6.28. The third-order valence-electron chi connectivity index (χ3n) is 5.45. The van der Waals surface area contributed by atoms with E-state index >= 15 is 0 Å². The van der Waals surface area contributed by atoms with Crippen LogP contribution in [-0.4, -0.2) is 9.91 Å². The van der Waals surface area contributed by atoms with Gasteiger partial charge in [-0.15, -0.1) is 0 Å². The molecular weight excluding hydrogens is 464 g/mol. The van der Waals surface area contributed by atoms with Crippen LogP contribution in [0, 0.1) is 10.1 Å². The monoisotopic (exact) mass is 482 g/mol. The number of furan rings is 1. The lowest BCUT2D eigenvalue weighted by molar-refractivity contribution is -0.384. The van der Waals surface area contributed by atoms with Crippen molar-refractivity contribution in [3.8, 4) is 17.1 Å². The Bertz CT molecular complexity index is 1540. The second kappa shape index (κ2) is 9.83. The Morgan fingerprint density at radius 2 is 1.74 bits per heavy atom. The number of hydrogen-bond acceptors (Lipinski definition) is 5. The van der Waals surface area contributed by atoms with Gasteiger partial charge >= 0.3 is 0 Å². The number of halogens is 1. The first-order chi connectivity index (χ1) is 17.1. The van der Waals surface area contributed by atoms with Gasteiger partial charge < -0.3 is 9.15 Å². The van der Waals surface area contributed by atoms with Gasteiger partial charge in [-0.3, -0.25) is 10.1 Å². The van der Waals surface area contributed by atoms with Crippen LogP contribution in [0.15, 0.2) is 95.4 Å². The summed E-state index contributed by atoms with van der Waals surface area (Å²) < 4.78 is 11.9. The molecule has 35 heavy (non-hydrogen) atoms. The lowest BCUT2D eigenvalue weighted by Gasteiger charge is -2.10. The lowest BCUT2D eigenvalue weighted by atomic mass is 10.1. The number of nitro groups is 1. The molecule has 2 heterocycles. The molecular formula is C28H19ClN2O4. The minimum absolute atomic E-state index is 0.0398. The fourth-order valence-electron chi connectivity index (χ4n) is 3.63. The largest absolute Gasteiger partial charge is 0.487 e. The van der Waals surface area contributed by atoms with Gasteiger partial charge in [0.1, 0.15) is 29.4 Å². The molecule has 0 atom stereocenters. The number of para-hydroxylation sites is 1. The highest BCUT2D eigenvalue weighted by molar-refractivity contribution is 6.31. The third-order valence-corrected chi connectivity index (χ3v) is 5.82. The van der Waals surface area contributed by atoms with Crippen molar-refractivity contribution in [3.05, 3.63) is 123 Å². The Morgan fingerprint density at radius 1 is 0.914 bits per heavy atom. The van der Waals surface area contributed by atoms with Crippen LogP contribution in [0.1, 0.15) is 17.0 Å². The molecule has 0 amide bonds. The second-order valence-corrected chi connectivity index (χ2v) is 8.19. The number of hydrogen-bond donors (Lipinski definition) is 0. The summed E-state index contributed by atoms with van der Waals surface area (Å²) in [6.45, 7) is 0.346. The topological polar surface area (TPSA) is 78.4 Å². The normalized spacial score (nSPS) is 11.2. The molecule has 0 aliphatic rings. The molecule has 5 aromatic rings. The molecule has 3 aromatic carbocycles. The highest BCUT2D eigenvalue weighted by atomic mass is 35.5.